The van der Waals surface area contributed by atoms with Gasteiger partial charge in [-0.1, -0.05) is 11.3 Å². The number of rotatable bonds is 2. The van der Waals surface area contributed by atoms with Gasteiger partial charge in [-0.25, -0.2) is 9.37 Å². The maximum absolute atomic E-state index is 13.6. The van der Waals surface area contributed by atoms with Crippen molar-refractivity contribution in [3.05, 3.63) is 53.5 Å². The second kappa shape index (κ2) is 5.71. The third-order valence-corrected chi connectivity index (χ3v) is 6.25. The average molecular weight is 366 g/mol. The average Bonchev–Trinajstić information content (AvgIpc) is 3.21. The maximum Gasteiger partial charge on any atom is 0.185 e. The second-order valence-corrected chi connectivity index (χ2v) is 8.00. The molecule has 0 bridgehead atoms. The lowest BCUT2D eigenvalue weighted by Crippen LogP contribution is -2.30. The summed E-state index contributed by atoms with van der Waals surface area (Å²) in [4.78, 5) is 12.6. The molecule has 4 nitrogen and oxygen atoms in total. The Morgan fingerprint density at radius 3 is 2.92 bits per heavy atom. The number of thiazole rings is 1. The smallest absolute Gasteiger partial charge is 0.185 e. The Labute approximate surface area is 154 Å². The Kier molecular flexibility index (Phi) is 3.43. The topological polar surface area (TPSA) is 35.2 Å². The zero-order valence-electron chi connectivity index (χ0n) is 14.7. The van der Waals surface area contributed by atoms with Crippen LogP contribution in [0.3, 0.4) is 0 Å². The van der Waals surface area contributed by atoms with Crippen LogP contribution in [0.2, 0.25) is 0 Å². The largest absolute Gasteiger partial charge is 0.365 e. The predicted octanol–water partition coefficient (Wildman–Crippen LogP) is 4.55. The third kappa shape index (κ3) is 2.44. The van der Waals surface area contributed by atoms with Crippen LogP contribution in [0.25, 0.3) is 21.1 Å². The molecule has 0 saturated heterocycles. The van der Waals surface area contributed by atoms with E-state index in [1.165, 1.54) is 27.7 Å². The van der Waals surface area contributed by atoms with Crippen LogP contribution in [0.1, 0.15) is 11.3 Å². The predicted molar refractivity (Wildman–Crippen MR) is 107 cm³/mol. The zero-order chi connectivity index (χ0) is 17.8. The number of aromatic nitrogens is 2. The van der Waals surface area contributed by atoms with Gasteiger partial charge in [0.1, 0.15) is 5.82 Å². The molecule has 0 amide bonds. The molecule has 132 valence electrons. The van der Waals surface area contributed by atoms with Crippen molar-refractivity contribution in [2.24, 2.45) is 0 Å². The molecule has 6 heteroatoms. The summed E-state index contributed by atoms with van der Waals surface area (Å²) in [7, 11) is 4.03. The van der Waals surface area contributed by atoms with Gasteiger partial charge in [0.2, 0.25) is 0 Å². The number of benzene rings is 2. The third-order valence-electron chi connectivity index (χ3n) is 5.04. The van der Waals surface area contributed by atoms with Gasteiger partial charge >= 0.3 is 0 Å². The van der Waals surface area contributed by atoms with E-state index in [1.54, 1.807) is 17.4 Å². The van der Waals surface area contributed by atoms with Crippen molar-refractivity contribution in [2.75, 3.05) is 30.4 Å². The molecule has 2 aromatic heterocycles. The molecule has 3 heterocycles. The molecule has 1 N–H and O–H groups in total. The van der Waals surface area contributed by atoms with Crippen LogP contribution in [0.4, 0.5) is 15.2 Å². The van der Waals surface area contributed by atoms with Crippen LogP contribution < -0.4 is 9.80 Å². The molecule has 0 radical (unpaired) electrons. The maximum atomic E-state index is 13.6. The molecule has 5 rings (SSSR count). The van der Waals surface area contributed by atoms with E-state index in [0.717, 1.165) is 41.1 Å². The molecule has 0 atom stereocenters. The van der Waals surface area contributed by atoms with E-state index >= 15 is 0 Å². The van der Waals surface area contributed by atoms with Crippen LogP contribution in [0.15, 0.2) is 36.4 Å². The van der Waals surface area contributed by atoms with Gasteiger partial charge in [-0.3, -0.25) is 0 Å². The minimum absolute atomic E-state index is 0.174. The van der Waals surface area contributed by atoms with Crippen molar-refractivity contribution in [1.29, 1.82) is 0 Å². The van der Waals surface area contributed by atoms with Crippen LogP contribution in [0.5, 0.6) is 0 Å². The summed E-state index contributed by atoms with van der Waals surface area (Å²) >= 11 is 1.71. The second-order valence-electron chi connectivity index (χ2n) is 6.99. The fourth-order valence-corrected chi connectivity index (χ4v) is 4.59. The molecule has 0 aliphatic carbocycles. The normalized spacial score (nSPS) is 14.2. The molecular weight excluding hydrogens is 347 g/mol. The number of H-pyrrole nitrogens is 1. The first-order valence-corrected chi connectivity index (χ1v) is 9.52. The van der Waals surface area contributed by atoms with Gasteiger partial charge in [-0.05, 0) is 48.4 Å². The molecule has 4 aromatic rings. The van der Waals surface area contributed by atoms with Gasteiger partial charge in [-0.2, -0.15) is 0 Å². The molecular formula is C20H19FN4S. The van der Waals surface area contributed by atoms with Crippen molar-refractivity contribution < 1.29 is 4.39 Å². The monoisotopic (exact) mass is 366 g/mol. The lowest BCUT2D eigenvalue weighted by Gasteiger charge is -2.29. The van der Waals surface area contributed by atoms with Crippen LogP contribution in [-0.4, -0.2) is 30.6 Å². The van der Waals surface area contributed by atoms with E-state index in [9.17, 15) is 4.39 Å². The van der Waals surface area contributed by atoms with Gasteiger partial charge in [0.15, 0.2) is 5.13 Å². The highest BCUT2D eigenvalue weighted by atomic mass is 32.1. The van der Waals surface area contributed by atoms with Gasteiger partial charge in [0.25, 0.3) is 0 Å². The summed E-state index contributed by atoms with van der Waals surface area (Å²) in [6.45, 7) is 1.73. The molecule has 2 aromatic carbocycles. The van der Waals surface area contributed by atoms with Crippen molar-refractivity contribution in [3.63, 3.8) is 0 Å². The Morgan fingerprint density at radius 1 is 1.19 bits per heavy atom. The first kappa shape index (κ1) is 15.6. The fourth-order valence-electron chi connectivity index (χ4n) is 3.72. The van der Waals surface area contributed by atoms with Crippen molar-refractivity contribution >= 4 is 43.3 Å². The van der Waals surface area contributed by atoms with E-state index in [1.807, 2.05) is 25.1 Å². The molecule has 26 heavy (non-hydrogen) atoms. The summed E-state index contributed by atoms with van der Waals surface area (Å²) in [6.07, 6.45) is 0.914. The molecule has 0 spiro atoms. The van der Waals surface area contributed by atoms with E-state index in [4.69, 9.17) is 4.98 Å². The molecule has 0 unspecified atom stereocenters. The highest BCUT2D eigenvalue weighted by Gasteiger charge is 2.21. The minimum atomic E-state index is -0.174. The fraction of sp³-hybridized carbons (Fsp3) is 0.250. The summed E-state index contributed by atoms with van der Waals surface area (Å²) < 4.78 is 14.8. The molecule has 0 saturated carbocycles. The van der Waals surface area contributed by atoms with Gasteiger partial charge in [-0.15, -0.1) is 0 Å². The Balaban J connectivity index is 1.50. The first-order chi connectivity index (χ1) is 12.6. The lowest BCUT2D eigenvalue weighted by molar-refractivity contribution is 0.629. The van der Waals surface area contributed by atoms with E-state index in [-0.39, 0.29) is 5.82 Å². The standard InChI is InChI=1S/C20H19FN4S/c1-24(2)20-23-17-10-13(4-6-19(17)26-20)25-8-7-14-15-9-12(21)3-5-16(15)22-18(14)11-25/h3-6,9-10,22H,7-8,11H2,1-2H3. The number of halogens is 1. The number of anilines is 2. The Morgan fingerprint density at radius 2 is 2.08 bits per heavy atom. The van der Waals surface area contributed by atoms with Crippen LogP contribution in [-0.2, 0) is 13.0 Å². The van der Waals surface area contributed by atoms with Crippen molar-refractivity contribution in [3.8, 4) is 0 Å². The highest BCUT2D eigenvalue weighted by Crippen LogP contribution is 2.34. The van der Waals surface area contributed by atoms with E-state index in [2.05, 4.69) is 28.1 Å². The Hall–Kier alpha value is -2.60. The summed E-state index contributed by atoms with van der Waals surface area (Å²) in [5, 5.41) is 2.04. The number of nitrogens with zero attached hydrogens (tertiary/aromatic N) is 3. The van der Waals surface area contributed by atoms with Crippen LogP contribution >= 0.6 is 11.3 Å². The highest BCUT2D eigenvalue weighted by molar-refractivity contribution is 7.22. The summed E-state index contributed by atoms with van der Waals surface area (Å²) in [5.74, 6) is -0.174. The number of aromatic amines is 1. The summed E-state index contributed by atoms with van der Waals surface area (Å²) in [5.41, 5.74) is 5.68. The SMILES string of the molecule is CN(C)c1nc2cc(N3CCc4c([nH]c5ccc(F)cc45)C3)ccc2s1. The van der Waals surface area contributed by atoms with Crippen molar-refractivity contribution in [2.45, 2.75) is 13.0 Å². The quantitative estimate of drug-likeness (QED) is 0.565. The molecule has 1 aliphatic rings. The number of hydrogen-bond donors (Lipinski definition) is 1. The zero-order valence-corrected chi connectivity index (χ0v) is 15.5. The Bertz CT molecular complexity index is 1130. The van der Waals surface area contributed by atoms with Gasteiger partial charge in [0, 0.05) is 42.9 Å². The number of nitrogens with one attached hydrogen (secondary N) is 1. The lowest BCUT2D eigenvalue weighted by atomic mass is 10.0. The van der Waals surface area contributed by atoms with E-state index in [0.29, 0.717) is 0 Å². The first-order valence-electron chi connectivity index (χ1n) is 8.70. The molecule has 0 fully saturated rings. The van der Waals surface area contributed by atoms with Crippen molar-refractivity contribution in [1.82, 2.24) is 9.97 Å². The van der Waals surface area contributed by atoms with Gasteiger partial charge in [0.05, 0.1) is 16.8 Å². The summed E-state index contributed by atoms with van der Waals surface area (Å²) in [6, 6.07) is 11.5. The van der Waals surface area contributed by atoms with Gasteiger partial charge < -0.3 is 14.8 Å². The van der Waals surface area contributed by atoms with Crippen LogP contribution in [0, 0.1) is 5.82 Å². The number of hydrogen-bond acceptors (Lipinski definition) is 4. The van der Waals surface area contributed by atoms with E-state index < -0.39 is 0 Å². The molecule has 1 aliphatic heterocycles. The number of fused-ring (bicyclic) bond motifs is 4. The minimum Gasteiger partial charge on any atom is -0.365 e.